The lowest BCUT2D eigenvalue weighted by Crippen LogP contribution is -2.81. The topological polar surface area (TPSA) is 20.2 Å². The summed E-state index contributed by atoms with van der Waals surface area (Å²) in [6.45, 7) is 0. The summed E-state index contributed by atoms with van der Waals surface area (Å²) in [5.74, 6) is -71.4. The van der Waals surface area contributed by atoms with E-state index < -0.39 is 144 Å². The molecule has 0 unspecified atom stereocenters. The zero-order chi connectivity index (χ0) is 36.4. The lowest BCUT2D eigenvalue weighted by Gasteiger charge is -2.44. The predicted molar refractivity (Wildman–Crippen MR) is 117 cm³/mol. The highest BCUT2D eigenvalue weighted by atomic mass is 19.2. The summed E-state index contributed by atoms with van der Waals surface area (Å²) in [7, 11) is 1.00. The van der Waals surface area contributed by atoms with Crippen LogP contribution in [0.3, 0.4) is 0 Å². The van der Waals surface area contributed by atoms with Crippen molar-refractivity contribution in [1.82, 2.24) is 0 Å². The Kier molecular flexibility index (Phi) is 9.91. The Morgan fingerprint density at radius 3 is 0.404 bits per heavy atom. The van der Waals surface area contributed by atoms with Crippen molar-refractivity contribution in [2.45, 2.75) is 0 Å². The van der Waals surface area contributed by atoms with Gasteiger partial charge >= 0.3 is 0 Å². The number of hydrogen-bond donors (Lipinski definition) is 1. The zero-order valence-corrected chi connectivity index (χ0v) is 21.6. The summed E-state index contributed by atoms with van der Waals surface area (Å²) in [5.41, 5.74) is -14.3. The summed E-state index contributed by atoms with van der Waals surface area (Å²) in [5, 5.41) is 7.00. The van der Waals surface area contributed by atoms with Crippen molar-refractivity contribution in [1.29, 1.82) is 0 Å². The molecule has 4 rings (SSSR count). The number of benzene rings is 4. The van der Waals surface area contributed by atoms with Gasteiger partial charge in [0.05, 0.1) is 0 Å². The Bertz CT molecular complexity index is 1580. The molecule has 0 spiro atoms. The van der Waals surface area contributed by atoms with Crippen LogP contribution in [0.1, 0.15) is 0 Å². The van der Waals surface area contributed by atoms with Crippen molar-refractivity contribution in [3.8, 4) is 0 Å². The molecule has 0 aliphatic carbocycles. The second-order valence-corrected chi connectivity index (χ2v) is 8.80. The molecule has 0 saturated carbocycles. The van der Waals surface area contributed by atoms with Gasteiger partial charge in [-0.1, -0.05) is 0 Å². The summed E-state index contributed by atoms with van der Waals surface area (Å²) in [6.07, 6.45) is -7.22. The molecule has 0 bridgehead atoms. The highest BCUT2D eigenvalue weighted by molar-refractivity contribution is 7.20. The molecule has 22 heteroatoms. The van der Waals surface area contributed by atoms with Gasteiger partial charge in [-0.15, -0.1) is 21.9 Å². The highest BCUT2D eigenvalue weighted by Crippen LogP contribution is 2.30. The maximum atomic E-state index is 15.4. The largest absolute Gasteiger partial charge is 0.400 e. The Labute approximate surface area is 245 Å². The van der Waals surface area contributed by atoms with Crippen molar-refractivity contribution < 1.29 is 92.9 Å². The summed E-state index contributed by atoms with van der Waals surface area (Å²) < 4.78 is 294. The molecular weight excluding hydrogens is 707 g/mol. The Morgan fingerprint density at radius 1 is 0.213 bits per heavy atom. The number of aliphatic hydroxyl groups excluding tert-OH is 1. The minimum absolute atomic E-state index is 1.00. The minimum Gasteiger partial charge on any atom is -0.400 e. The van der Waals surface area contributed by atoms with Crippen LogP contribution >= 0.6 is 0 Å². The van der Waals surface area contributed by atoms with Crippen LogP contribution in [0.5, 0.6) is 0 Å². The fraction of sp³-hybridized carbons (Fsp3) is 0.0400. The Morgan fingerprint density at radius 2 is 0.298 bits per heavy atom. The molecule has 0 aliphatic heterocycles. The van der Waals surface area contributed by atoms with Gasteiger partial charge in [0.25, 0.3) is 0 Å². The minimum atomic E-state index is -7.22. The Balaban J connectivity index is 0.00000294. The molecule has 1 N–H and O–H groups in total. The first kappa shape index (κ1) is 37.0. The van der Waals surface area contributed by atoms with Crippen molar-refractivity contribution in [2.24, 2.45) is 0 Å². The van der Waals surface area contributed by atoms with Gasteiger partial charge in [0.1, 0.15) is 52.7 Å². The van der Waals surface area contributed by atoms with Crippen LogP contribution in [0.15, 0.2) is 0 Å². The predicted octanol–water partition coefficient (Wildman–Crippen LogP) is 5.45. The van der Waals surface area contributed by atoms with Crippen LogP contribution in [0.4, 0.5) is 87.8 Å². The first-order valence-corrected chi connectivity index (χ1v) is 11.4. The van der Waals surface area contributed by atoms with Crippen LogP contribution in [-0.2, 0) is 0 Å². The summed E-state index contributed by atoms with van der Waals surface area (Å²) in [4.78, 5) is 0. The number of rotatable bonds is 4. The molecule has 0 heterocycles. The van der Waals surface area contributed by atoms with E-state index in [-0.39, 0.29) is 0 Å². The number of hydrogen-bond acceptors (Lipinski definition) is 1. The van der Waals surface area contributed by atoms with Crippen molar-refractivity contribution in [2.75, 3.05) is 7.11 Å². The molecule has 0 atom stereocenters. The average Bonchev–Trinajstić information content (AvgIpc) is 3.05. The third-order valence-corrected chi connectivity index (χ3v) is 6.71. The fourth-order valence-electron chi connectivity index (χ4n) is 4.87. The van der Waals surface area contributed by atoms with Gasteiger partial charge in [-0.25, -0.2) is 87.8 Å². The molecule has 0 fully saturated rings. The van der Waals surface area contributed by atoms with Crippen LogP contribution in [0.2, 0.25) is 0 Å². The quantitative estimate of drug-likeness (QED) is 0.129. The zero-order valence-electron chi connectivity index (χ0n) is 21.6. The number of aliphatic hydroxyl groups is 1. The molecule has 0 amide bonds. The van der Waals surface area contributed by atoms with E-state index in [1.807, 2.05) is 0 Å². The number of halogens is 20. The van der Waals surface area contributed by atoms with Gasteiger partial charge in [0, 0.05) is 7.11 Å². The van der Waals surface area contributed by atoms with Gasteiger partial charge in [-0.3, -0.25) is 0 Å². The summed E-state index contributed by atoms with van der Waals surface area (Å²) >= 11 is 0. The molecule has 254 valence electrons. The molecule has 0 saturated heterocycles. The van der Waals surface area contributed by atoms with Crippen molar-refractivity contribution in [3.63, 3.8) is 0 Å². The standard InChI is InChI=1S/C24BF20.CH4O/c26-5-1(6(27)14(35)21(42)13(5)34)25(2-7(28)15(36)22(43)16(37)8(2)29,3-9(30)17(38)23(44)18(39)10(3)31)4-11(32)19(40)24(45)20(41)12(4)33;1-2/h;2H,1H3/q-1;. The SMILES string of the molecule is CO.Fc1c(F)c(F)c([B-](c2c(F)c(F)c(F)c(F)c2F)(c2c(F)c(F)c(F)c(F)c2F)c2c(F)c(F)c(F)c(F)c2F)c(F)c1F. The van der Waals surface area contributed by atoms with Crippen LogP contribution in [-0.4, -0.2) is 18.4 Å². The molecule has 0 aromatic heterocycles. The first-order valence-electron chi connectivity index (χ1n) is 11.4. The average molecular weight is 711 g/mol. The van der Waals surface area contributed by atoms with E-state index in [1.54, 1.807) is 0 Å². The first-order chi connectivity index (χ1) is 21.7. The van der Waals surface area contributed by atoms with Crippen LogP contribution in [0, 0.1) is 116 Å². The molecule has 1 nitrogen and oxygen atoms in total. The van der Waals surface area contributed by atoms with Gasteiger partial charge in [0.2, 0.25) is 0 Å². The maximum Gasteiger partial charge on any atom is 0.200 e. The monoisotopic (exact) mass is 711 g/mol. The smallest absolute Gasteiger partial charge is 0.200 e. The van der Waals surface area contributed by atoms with Crippen molar-refractivity contribution >= 4 is 28.0 Å². The van der Waals surface area contributed by atoms with Crippen molar-refractivity contribution in [3.05, 3.63) is 116 Å². The third kappa shape index (κ3) is 4.86. The summed E-state index contributed by atoms with van der Waals surface area (Å²) in [6, 6.07) is 0. The van der Waals surface area contributed by atoms with Gasteiger partial charge < -0.3 is 5.11 Å². The van der Waals surface area contributed by atoms with E-state index in [9.17, 15) is 52.7 Å². The lowest BCUT2D eigenvalue weighted by atomic mass is 9.12. The normalized spacial score (nSPS) is 11.6. The van der Waals surface area contributed by atoms with E-state index in [4.69, 9.17) is 5.11 Å². The maximum absolute atomic E-state index is 15.4. The van der Waals surface area contributed by atoms with Gasteiger partial charge in [0.15, 0.2) is 69.8 Å². The molecule has 0 aliphatic rings. The van der Waals surface area contributed by atoms with Gasteiger partial charge in [-0.2, -0.15) is 0 Å². The van der Waals surface area contributed by atoms with E-state index in [1.165, 1.54) is 0 Å². The highest BCUT2D eigenvalue weighted by Gasteiger charge is 2.52. The second kappa shape index (κ2) is 12.6. The van der Waals surface area contributed by atoms with E-state index >= 15 is 35.1 Å². The molecular formula is C25H4BF20O-. The molecule has 47 heavy (non-hydrogen) atoms. The van der Waals surface area contributed by atoms with E-state index in [2.05, 4.69) is 0 Å². The fourth-order valence-corrected chi connectivity index (χ4v) is 4.87. The third-order valence-electron chi connectivity index (χ3n) is 6.71. The van der Waals surface area contributed by atoms with E-state index in [0.717, 1.165) is 7.11 Å². The van der Waals surface area contributed by atoms with Crippen LogP contribution < -0.4 is 21.9 Å². The Hall–Kier alpha value is -4.50. The van der Waals surface area contributed by atoms with E-state index in [0.29, 0.717) is 0 Å². The molecule has 4 aromatic carbocycles. The molecule has 4 aromatic rings. The molecule has 0 radical (unpaired) electrons. The lowest BCUT2D eigenvalue weighted by molar-refractivity contribution is 0.378. The van der Waals surface area contributed by atoms with Gasteiger partial charge in [-0.05, 0) is 0 Å². The second-order valence-electron chi connectivity index (χ2n) is 8.80. The van der Waals surface area contributed by atoms with Crippen LogP contribution in [0.25, 0.3) is 0 Å².